The summed E-state index contributed by atoms with van der Waals surface area (Å²) < 4.78 is 33.1. The van der Waals surface area contributed by atoms with Crippen LogP contribution in [0.4, 0.5) is 5.69 Å². The second-order valence-corrected chi connectivity index (χ2v) is 6.21. The molecule has 0 unspecified atom stereocenters. The van der Waals surface area contributed by atoms with E-state index >= 15 is 0 Å². The lowest BCUT2D eigenvalue weighted by Crippen LogP contribution is -2.15. The van der Waals surface area contributed by atoms with Gasteiger partial charge in [-0.15, -0.1) is 0 Å². The van der Waals surface area contributed by atoms with Gasteiger partial charge in [-0.2, -0.15) is 8.42 Å². The first-order valence-corrected chi connectivity index (χ1v) is 7.96. The van der Waals surface area contributed by atoms with Crippen LogP contribution in [-0.2, 0) is 10.1 Å². The SMILES string of the molecule is O=C(c1ccccc1S(=O)(=O)O)n1cnc2cc([N+](=O)[O-])ccc21. The molecule has 1 aromatic heterocycles. The highest BCUT2D eigenvalue weighted by atomic mass is 32.2. The lowest BCUT2D eigenvalue weighted by Gasteiger charge is -2.07. The molecule has 0 saturated carbocycles. The molecule has 1 N–H and O–H groups in total. The van der Waals surface area contributed by atoms with Crippen LogP contribution in [0, 0.1) is 10.1 Å². The molecular formula is C14H9N3O6S. The monoisotopic (exact) mass is 347 g/mol. The minimum absolute atomic E-state index is 0.182. The highest BCUT2D eigenvalue weighted by molar-refractivity contribution is 7.86. The molecule has 0 atom stereocenters. The summed E-state index contributed by atoms with van der Waals surface area (Å²) in [7, 11) is -4.58. The van der Waals surface area contributed by atoms with Gasteiger partial charge in [-0.25, -0.2) is 4.98 Å². The van der Waals surface area contributed by atoms with Crippen molar-refractivity contribution in [1.82, 2.24) is 9.55 Å². The first-order chi connectivity index (χ1) is 11.3. The van der Waals surface area contributed by atoms with Crippen molar-refractivity contribution in [2.24, 2.45) is 0 Å². The van der Waals surface area contributed by atoms with Crippen LogP contribution in [0.1, 0.15) is 10.4 Å². The Bertz CT molecular complexity index is 1090. The Kier molecular flexibility index (Phi) is 3.62. The summed E-state index contributed by atoms with van der Waals surface area (Å²) >= 11 is 0. The van der Waals surface area contributed by atoms with E-state index in [4.69, 9.17) is 0 Å². The maximum absolute atomic E-state index is 12.6. The van der Waals surface area contributed by atoms with Crippen LogP contribution >= 0.6 is 0 Å². The number of fused-ring (bicyclic) bond motifs is 1. The molecule has 0 spiro atoms. The van der Waals surface area contributed by atoms with E-state index in [0.29, 0.717) is 0 Å². The van der Waals surface area contributed by atoms with Crippen molar-refractivity contribution in [3.05, 3.63) is 64.5 Å². The van der Waals surface area contributed by atoms with Crippen molar-refractivity contribution < 1.29 is 22.7 Å². The summed E-state index contributed by atoms with van der Waals surface area (Å²) in [5.74, 6) is -0.737. The maximum atomic E-state index is 12.6. The van der Waals surface area contributed by atoms with Gasteiger partial charge in [0.15, 0.2) is 0 Å². The quantitative estimate of drug-likeness (QED) is 0.434. The highest BCUT2D eigenvalue weighted by Crippen LogP contribution is 2.22. The van der Waals surface area contributed by atoms with Gasteiger partial charge < -0.3 is 0 Å². The van der Waals surface area contributed by atoms with Gasteiger partial charge in [0.2, 0.25) is 0 Å². The largest absolute Gasteiger partial charge is 0.295 e. The van der Waals surface area contributed by atoms with Crippen LogP contribution in [-0.4, -0.2) is 33.4 Å². The molecule has 10 heteroatoms. The third-order valence-corrected chi connectivity index (χ3v) is 4.27. The number of hydrogen-bond acceptors (Lipinski definition) is 6. The lowest BCUT2D eigenvalue weighted by atomic mass is 10.2. The molecule has 1 heterocycles. The summed E-state index contributed by atoms with van der Waals surface area (Å²) in [5.41, 5.74) is 0.0637. The summed E-state index contributed by atoms with van der Waals surface area (Å²) in [6.07, 6.45) is 1.14. The first-order valence-electron chi connectivity index (χ1n) is 6.52. The standard InChI is InChI=1S/C14H9N3O6S/c18-14(10-3-1-2-4-13(10)24(21,22)23)16-8-15-11-7-9(17(19)20)5-6-12(11)16/h1-8H,(H,21,22,23). The van der Waals surface area contributed by atoms with E-state index in [9.17, 15) is 27.9 Å². The number of rotatable bonds is 3. The van der Waals surface area contributed by atoms with E-state index in [1.807, 2.05) is 0 Å². The molecule has 122 valence electrons. The second-order valence-electron chi connectivity index (χ2n) is 4.82. The van der Waals surface area contributed by atoms with Gasteiger partial charge in [0.25, 0.3) is 21.7 Å². The minimum Gasteiger partial charge on any atom is -0.282 e. The van der Waals surface area contributed by atoms with Gasteiger partial charge in [0.05, 0.1) is 21.5 Å². The topological polar surface area (TPSA) is 132 Å². The average molecular weight is 347 g/mol. The predicted octanol–water partition coefficient (Wildman–Crippen LogP) is 1.88. The summed E-state index contributed by atoms with van der Waals surface area (Å²) in [5, 5.41) is 10.8. The first kappa shape index (κ1) is 15.8. The molecule has 0 bridgehead atoms. The number of non-ortho nitro benzene ring substituents is 1. The molecule has 0 aliphatic heterocycles. The van der Waals surface area contributed by atoms with Gasteiger partial charge >= 0.3 is 0 Å². The van der Waals surface area contributed by atoms with E-state index in [-0.39, 0.29) is 22.3 Å². The van der Waals surface area contributed by atoms with E-state index in [1.165, 1.54) is 36.4 Å². The Morgan fingerprint density at radius 2 is 1.92 bits per heavy atom. The zero-order chi connectivity index (χ0) is 17.5. The van der Waals surface area contributed by atoms with Crippen LogP contribution in [0.15, 0.2) is 53.7 Å². The number of nitro benzene ring substituents is 1. The average Bonchev–Trinajstić information content (AvgIpc) is 2.96. The third kappa shape index (κ3) is 2.64. The molecule has 0 aliphatic carbocycles. The van der Waals surface area contributed by atoms with E-state index < -0.39 is 25.8 Å². The molecule has 0 fully saturated rings. The van der Waals surface area contributed by atoms with E-state index in [2.05, 4.69) is 4.98 Å². The normalized spacial score (nSPS) is 11.5. The van der Waals surface area contributed by atoms with Gasteiger partial charge in [-0.3, -0.25) is 24.0 Å². The van der Waals surface area contributed by atoms with Crippen molar-refractivity contribution >= 4 is 32.7 Å². The van der Waals surface area contributed by atoms with Gasteiger partial charge in [-0.05, 0) is 18.2 Å². The Morgan fingerprint density at radius 1 is 1.21 bits per heavy atom. The number of carbonyl (C=O) groups excluding carboxylic acids is 1. The van der Waals surface area contributed by atoms with Gasteiger partial charge in [0.1, 0.15) is 11.2 Å². The zero-order valence-electron chi connectivity index (χ0n) is 11.9. The van der Waals surface area contributed by atoms with Crippen molar-refractivity contribution in [2.45, 2.75) is 4.90 Å². The summed E-state index contributed by atoms with van der Waals surface area (Å²) in [6.45, 7) is 0. The minimum atomic E-state index is -4.58. The molecule has 3 aromatic rings. The van der Waals surface area contributed by atoms with Crippen LogP contribution < -0.4 is 0 Å². The molecule has 3 rings (SSSR count). The molecule has 2 aromatic carbocycles. The Morgan fingerprint density at radius 3 is 2.58 bits per heavy atom. The molecule has 24 heavy (non-hydrogen) atoms. The Balaban J connectivity index is 2.16. The molecule has 0 radical (unpaired) electrons. The zero-order valence-corrected chi connectivity index (χ0v) is 12.7. The number of hydrogen-bond donors (Lipinski definition) is 1. The van der Waals surface area contributed by atoms with Crippen molar-refractivity contribution in [2.75, 3.05) is 0 Å². The van der Waals surface area contributed by atoms with Crippen LogP contribution in [0.3, 0.4) is 0 Å². The summed E-state index contributed by atoms with van der Waals surface area (Å²) in [6, 6.07) is 8.93. The van der Waals surface area contributed by atoms with Crippen LogP contribution in [0.2, 0.25) is 0 Å². The third-order valence-electron chi connectivity index (χ3n) is 3.36. The molecule has 0 saturated heterocycles. The smallest absolute Gasteiger partial charge is 0.282 e. The van der Waals surface area contributed by atoms with Crippen LogP contribution in [0.25, 0.3) is 11.0 Å². The number of nitro groups is 1. The molecule has 0 aliphatic rings. The number of nitrogens with zero attached hydrogens (tertiary/aromatic N) is 3. The number of benzene rings is 2. The van der Waals surface area contributed by atoms with E-state index in [0.717, 1.165) is 17.0 Å². The maximum Gasteiger partial charge on any atom is 0.295 e. The van der Waals surface area contributed by atoms with Crippen molar-refractivity contribution in [3.63, 3.8) is 0 Å². The molecule has 9 nitrogen and oxygen atoms in total. The van der Waals surface area contributed by atoms with Gasteiger partial charge in [-0.1, -0.05) is 12.1 Å². The van der Waals surface area contributed by atoms with Gasteiger partial charge in [0, 0.05) is 12.1 Å². The van der Waals surface area contributed by atoms with Crippen molar-refractivity contribution in [3.8, 4) is 0 Å². The van der Waals surface area contributed by atoms with E-state index in [1.54, 1.807) is 0 Å². The number of carbonyl (C=O) groups is 1. The molecular weight excluding hydrogens is 338 g/mol. The fraction of sp³-hybridized carbons (Fsp3) is 0. The van der Waals surface area contributed by atoms with Crippen molar-refractivity contribution in [1.29, 1.82) is 0 Å². The predicted molar refractivity (Wildman–Crippen MR) is 82.4 cm³/mol. The summed E-state index contributed by atoms with van der Waals surface area (Å²) in [4.78, 5) is 26.2. The molecule has 0 amide bonds. The lowest BCUT2D eigenvalue weighted by molar-refractivity contribution is -0.384. The fourth-order valence-electron chi connectivity index (χ4n) is 2.27. The highest BCUT2D eigenvalue weighted by Gasteiger charge is 2.22. The number of imidazole rings is 1. The second kappa shape index (κ2) is 5.51. The number of aromatic nitrogens is 2. The van der Waals surface area contributed by atoms with Crippen LogP contribution in [0.5, 0.6) is 0 Å². The fourth-order valence-corrected chi connectivity index (χ4v) is 2.96. The Labute approximate surface area is 135 Å². The Hall–Kier alpha value is -3.11.